The maximum absolute atomic E-state index is 12.1. The lowest BCUT2D eigenvalue weighted by molar-refractivity contribution is 0.643. The standard InChI is InChI=1S/C16H22N2O/c1-5-18-15(13-8-6-12(4)7-9-13)14(10-11(2)3)16(19)17-18/h6-9,11H,5,10H2,1-4H3,(H,17,19). The minimum absolute atomic E-state index is 0.0473. The summed E-state index contributed by atoms with van der Waals surface area (Å²) in [5, 5.41) is 2.94. The molecule has 0 atom stereocenters. The van der Waals surface area contributed by atoms with Crippen LogP contribution in [0.3, 0.4) is 0 Å². The van der Waals surface area contributed by atoms with Crippen LogP contribution in [0.2, 0.25) is 0 Å². The minimum Gasteiger partial charge on any atom is -0.284 e. The van der Waals surface area contributed by atoms with Crippen LogP contribution in [-0.4, -0.2) is 9.78 Å². The first-order valence-electron chi connectivity index (χ1n) is 6.91. The predicted octanol–water partition coefficient (Wildman–Crippen LogP) is 3.37. The Kier molecular flexibility index (Phi) is 3.93. The quantitative estimate of drug-likeness (QED) is 0.897. The summed E-state index contributed by atoms with van der Waals surface area (Å²) in [6.07, 6.45) is 0.811. The summed E-state index contributed by atoms with van der Waals surface area (Å²) >= 11 is 0. The van der Waals surface area contributed by atoms with Crippen molar-refractivity contribution in [2.24, 2.45) is 5.92 Å². The summed E-state index contributed by atoms with van der Waals surface area (Å²) in [5.74, 6) is 0.470. The van der Waals surface area contributed by atoms with Crippen molar-refractivity contribution in [2.45, 2.75) is 40.7 Å². The van der Waals surface area contributed by atoms with E-state index in [1.807, 2.05) is 11.6 Å². The molecule has 0 unspecified atom stereocenters. The highest BCUT2D eigenvalue weighted by Crippen LogP contribution is 2.24. The average Bonchev–Trinajstić information content (AvgIpc) is 2.67. The first-order chi connectivity index (χ1) is 9.02. The van der Waals surface area contributed by atoms with Crippen molar-refractivity contribution in [1.29, 1.82) is 0 Å². The van der Waals surface area contributed by atoms with Gasteiger partial charge in [0.2, 0.25) is 0 Å². The smallest absolute Gasteiger partial charge is 0.267 e. The summed E-state index contributed by atoms with van der Waals surface area (Å²) < 4.78 is 1.95. The number of aromatic nitrogens is 2. The van der Waals surface area contributed by atoms with Gasteiger partial charge in [-0.25, -0.2) is 0 Å². The highest BCUT2D eigenvalue weighted by atomic mass is 16.1. The molecule has 0 aliphatic heterocycles. The van der Waals surface area contributed by atoms with Crippen molar-refractivity contribution in [3.05, 3.63) is 45.7 Å². The molecule has 3 nitrogen and oxygen atoms in total. The van der Waals surface area contributed by atoms with Crippen molar-refractivity contribution >= 4 is 0 Å². The van der Waals surface area contributed by atoms with Gasteiger partial charge in [0, 0.05) is 17.7 Å². The van der Waals surface area contributed by atoms with Crippen LogP contribution in [0.4, 0.5) is 0 Å². The maximum atomic E-state index is 12.1. The second-order valence-electron chi connectivity index (χ2n) is 5.48. The molecule has 102 valence electrons. The number of rotatable bonds is 4. The topological polar surface area (TPSA) is 37.8 Å². The van der Waals surface area contributed by atoms with Gasteiger partial charge >= 0.3 is 0 Å². The number of H-pyrrole nitrogens is 1. The van der Waals surface area contributed by atoms with E-state index in [2.05, 4.69) is 50.1 Å². The molecule has 0 spiro atoms. The summed E-state index contributed by atoms with van der Waals surface area (Å²) in [6, 6.07) is 8.36. The lowest BCUT2D eigenvalue weighted by Crippen LogP contribution is -2.09. The summed E-state index contributed by atoms with van der Waals surface area (Å²) in [4.78, 5) is 12.1. The third kappa shape index (κ3) is 2.80. The SMILES string of the molecule is CCn1[nH]c(=O)c(CC(C)C)c1-c1ccc(C)cc1. The maximum Gasteiger partial charge on any atom is 0.267 e. The van der Waals surface area contributed by atoms with Gasteiger partial charge in [0.15, 0.2) is 0 Å². The molecular weight excluding hydrogens is 236 g/mol. The lowest BCUT2D eigenvalue weighted by Gasteiger charge is -2.10. The summed E-state index contributed by atoms with van der Waals surface area (Å²) in [6.45, 7) is 9.18. The fraction of sp³-hybridized carbons (Fsp3) is 0.438. The van der Waals surface area contributed by atoms with Crippen LogP contribution >= 0.6 is 0 Å². The minimum atomic E-state index is 0.0473. The molecule has 1 heterocycles. The third-order valence-electron chi connectivity index (χ3n) is 3.32. The normalized spacial score (nSPS) is 11.2. The Morgan fingerprint density at radius 3 is 2.37 bits per heavy atom. The Bertz CT molecular complexity index is 603. The fourth-order valence-electron chi connectivity index (χ4n) is 2.39. The molecule has 0 aliphatic rings. The van der Waals surface area contributed by atoms with E-state index >= 15 is 0 Å². The molecule has 0 fully saturated rings. The number of nitrogens with zero attached hydrogens (tertiary/aromatic N) is 1. The number of hydrogen-bond acceptors (Lipinski definition) is 1. The van der Waals surface area contributed by atoms with Crippen molar-refractivity contribution in [3.8, 4) is 11.3 Å². The lowest BCUT2D eigenvalue weighted by atomic mass is 9.99. The number of benzene rings is 1. The van der Waals surface area contributed by atoms with Crippen LogP contribution in [-0.2, 0) is 13.0 Å². The predicted molar refractivity (Wildman–Crippen MR) is 79.4 cm³/mol. The Balaban J connectivity index is 2.59. The van der Waals surface area contributed by atoms with Gasteiger partial charge in [-0.3, -0.25) is 14.6 Å². The monoisotopic (exact) mass is 258 g/mol. The Morgan fingerprint density at radius 1 is 1.21 bits per heavy atom. The molecule has 1 N–H and O–H groups in total. The Hall–Kier alpha value is -1.77. The number of aromatic amines is 1. The van der Waals surface area contributed by atoms with E-state index in [1.165, 1.54) is 5.56 Å². The molecular formula is C16H22N2O. The Morgan fingerprint density at radius 2 is 1.84 bits per heavy atom. The summed E-state index contributed by atoms with van der Waals surface area (Å²) in [7, 11) is 0. The zero-order valence-electron chi connectivity index (χ0n) is 12.2. The van der Waals surface area contributed by atoms with Crippen LogP contribution in [0.5, 0.6) is 0 Å². The van der Waals surface area contributed by atoms with Crippen LogP contribution in [0, 0.1) is 12.8 Å². The van der Waals surface area contributed by atoms with Crippen LogP contribution in [0.15, 0.2) is 29.1 Å². The highest BCUT2D eigenvalue weighted by molar-refractivity contribution is 5.63. The molecule has 2 aromatic rings. The van der Waals surface area contributed by atoms with E-state index in [4.69, 9.17) is 0 Å². The molecule has 0 saturated heterocycles. The zero-order chi connectivity index (χ0) is 14.0. The molecule has 0 saturated carbocycles. The molecule has 19 heavy (non-hydrogen) atoms. The van der Waals surface area contributed by atoms with E-state index < -0.39 is 0 Å². The van der Waals surface area contributed by atoms with Crippen LogP contribution in [0.25, 0.3) is 11.3 Å². The zero-order valence-corrected chi connectivity index (χ0v) is 12.2. The van der Waals surface area contributed by atoms with Gasteiger partial charge in [-0.1, -0.05) is 43.7 Å². The fourth-order valence-corrected chi connectivity index (χ4v) is 2.39. The molecule has 0 bridgehead atoms. The molecule has 0 aliphatic carbocycles. The molecule has 1 aromatic heterocycles. The van der Waals surface area contributed by atoms with Gasteiger partial charge in [0.05, 0.1) is 5.69 Å². The van der Waals surface area contributed by atoms with Gasteiger partial charge in [0.1, 0.15) is 0 Å². The molecule has 0 amide bonds. The first-order valence-corrected chi connectivity index (χ1v) is 6.91. The van der Waals surface area contributed by atoms with Gasteiger partial charge in [-0.2, -0.15) is 0 Å². The van der Waals surface area contributed by atoms with Crippen molar-refractivity contribution in [1.82, 2.24) is 9.78 Å². The van der Waals surface area contributed by atoms with Gasteiger partial charge in [-0.05, 0) is 26.2 Å². The third-order valence-corrected chi connectivity index (χ3v) is 3.32. The first kappa shape index (κ1) is 13.7. The molecule has 2 rings (SSSR count). The molecule has 1 aromatic carbocycles. The second-order valence-corrected chi connectivity index (χ2v) is 5.48. The van der Waals surface area contributed by atoms with E-state index in [0.717, 1.165) is 29.8 Å². The van der Waals surface area contributed by atoms with E-state index in [9.17, 15) is 4.79 Å². The van der Waals surface area contributed by atoms with Gasteiger partial charge in [-0.15, -0.1) is 0 Å². The average molecular weight is 258 g/mol. The van der Waals surface area contributed by atoms with Crippen molar-refractivity contribution in [3.63, 3.8) is 0 Å². The Labute approximate surface area is 114 Å². The van der Waals surface area contributed by atoms with Gasteiger partial charge < -0.3 is 0 Å². The summed E-state index contributed by atoms with van der Waals surface area (Å²) in [5.41, 5.74) is 4.34. The van der Waals surface area contributed by atoms with Crippen LogP contribution < -0.4 is 5.56 Å². The van der Waals surface area contributed by atoms with E-state index in [-0.39, 0.29) is 5.56 Å². The highest BCUT2D eigenvalue weighted by Gasteiger charge is 2.16. The molecule has 0 radical (unpaired) electrons. The van der Waals surface area contributed by atoms with Gasteiger partial charge in [0.25, 0.3) is 5.56 Å². The van der Waals surface area contributed by atoms with Crippen LogP contribution in [0.1, 0.15) is 31.9 Å². The number of hydrogen-bond donors (Lipinski definition) is 1. The number of nitrogens with one attached hydrogen (secondary N) is 1. The van der Waals surface area contributed by atoms with Crippen molar-refractivity contribution in [2.75, 3.05) is 0 Å². The van der Waals surface area contributed by atoms with E-state index in [1.54, 1.807) is 0 Å². The largest absolute Gasteiger partial charge is 0.284 e. The second kappa shape index (κ2) is 5.47. The van der Waals surface area contributed by atoms with Crippen molar-refractivity contribution < 1.29 is 0 Å². The number of aryl methyl sites for hydroxylation is 2. The molecule has 3 heteroatoms. The van der Waals surface area contributed by atoms with E-state index in [0.29, 0.717) is 5.92 Å².